The first-order chi connectivity index (χ1) is 17.4. The largest absolute Gasteiger partial charge is 0.486 e. The zero-order valence-electron chi connectivity index (χ0n) is 19.0. The highest BCUT2D eigenvalue weighted by Crippen LogP contribution is 2.40. The molecule has 0 spiro atoms. The summed E-state index contributed by atoms with van der Waals surface area (Å²) in [5.74, 6) is -1.56. The van der Waals surface area contributed by atoms with Gasteiger partial charge in [-0.2, -0.15) is 13.2 Å². The number of hydrogen-bond acceptors (Lipinski definition) is 5. The number of carboxylic acids is 1. The number of aromatic nitrogens is 1. The van der Waals surface area contributed by atoms with Crippen LogP contribution in [-0.2, 0) is 21.0 Å². The van der Waals surface area contributed by atoms with E-state index < -0.39 is 44.5 Å². The second kappa shape index (κ2) is 10.2. The first kappa shape index (κ1) is 26.1. The third kappa shape index (κ3) is 5.91. The Balaban J connectivity index is 1.75. The van der Waals surface area contributed by atoms with Crippen molar-refractivity contribution in [3.63, 3.8) is 0 Å². The maximum Gasteiger partial charge on any atom is 0.416 e. The van der Waals surface area contributed by atoms with Crippen LogP contribution in [0.3, 0.4) is 0 Å². The molecule has 4 rings (SSSR count). The molecular weight excluding hydrogens is 516 g/mol. The van der Waals surface area contributed by atoms with Crippen molar-refractivity contribution >= 4 is 33.8 Å². The minimum Gasteiger partial charge on any atom is -0.486 e. The van der Waals surface area contributed by atoms with E-state index >= 15 is 0 Å². The van der Waals surface area contributed by atoms with Gasteiger partial charge in [0, 0.05) is 12.6 Å². The van der Waals surface area contributed by atoms with Crippen LogP contribution in [0.5, 0.6) is 5.75 Å². The van der Waals surface area contributed by atoms with Gasteiger partial charge in [0.15, 0.2) is 0 Å². The SMILES string of the molecule is O=C(O)CCC1CN(S(=O)(=O)c2cccc(C(F)(F)F)c2)c2cc(C=Cc3ncccc3F)ccc2O1. The molecule has 0 amide bonds. The third-order valence-electron chi connectivity index (χ3n) is 5.56. The van der Waals surface area contributed by atoms with Crippen molar-refractivity contribution in [2.45, 2.75) is 30.0 Å². The summed E-state index contributed by atoms with van der Waals surface area (Å²) in [6.45, 7) is -0.319. The van der Waals surface area contributed by atoms with Crippen molar-refractivity contribution in [1.82, 2.24) is 4.98 Å². The minimum atomic E-state index is -4.75. The summed E-state index contributed by atoms with van der Waals surface area (Å²) in [5.41, 5.74) is -0.578. The quantitative estimate of drug-likeness (QED) is 0.416. The fourth-order valence-corrected chi connectivity index (χ4v) is 5.30. The number of aliphatic carboxylic acids is 1. The molecule has 0 saturated carbocycles. The van der Waals surface area contributed by atoms with Crippen molar-refractivity contribution < 1.29 is 40.6 Å². The second-order valence-corrected chi connectivity index (χ2v) is 10.0. The van der Waals surface area contributed by atoms with Crippen LogP contribution in [0.15, 0.2) is 65.7 Å². The van der Waals surface area contributed by atoms with Gasteiger partial charge >= 0.3 is 12.1 Å². The molecule has 2 heterocycles. The van der Waals surface area contributed by atoms with Gasteiger partial charge in [-0.3, -0.25) is 14.1 Å². The van der Waals surface area contributed by atoms with E-state index in [9.17, 15) is 30.8 Å². The molecule has 0 aliphatic carbocycles. The summed E-state index contributed by atoms with van der Waals surface area (Å²) < 4.78 is 87.5. The smallest absolute Gasteiger partial charge is 0.416 e. The third-order valence-corrected chi connectivity index (χ3v) is 7.34. The molecule has 0 radical (unpaired) electrons. The lowest BCUT2D eigenvalue weighted by Crippen LogP contribution is -2.43. The topological polar surface area (TPSA) is 96.8 Å². The number of fused-ring (bicyclic) bond motifs is 1. The summed E-state index contributed by atoms with van der Waals surface area (Å²) >= 11 is 0. The summed E-state index contributed by atoms with van der Waals surface area (Å²) in [4.78, 5) is 14.4. The van der Waals surface area contributed by atoms with Gasteiger partial charge in [0.2, 0.25) is 0 Å². The Morgan fingerprint density at radius 3 is 2.62 bits per heavy atom. The highest BCUT2D eigenvalue weighted by Gasteiger charge is 2.37. The second-order valence-electron chi connectivity index (χ2n) is 8.16. The lowest BCUT2D eigenvalue weighted by molar-refractivity contribution is -0.138. The highest BCUT2D eigenvalue weighted by molar-refractivity contribution is 7.92. The molecule has 1 N–H and O–H groups in total. The zero-order valence-corrected chi connectivity index (χ0v) is 19.8. The molecule has 0 bridgehead atoms. The first-order valence-corrected chi connectivity index (χ1v) is 12.4. The van der Waals surface area contributed by atoms with Gasteiger partial charge in [-0.15, -0.1) is 0 Å². The maximum absolute atomic E-state index is 13.9. The van der Waals surface area contributed by atoms with Crippen molar-refractivity contribution in [3.8, 4) is 5.75 Å². The molecule has 7 nitrogen and oxygen atoms in total. The number of rotatable bonds is 7. The van der Waals surface area contributed by atoms with Crippen LogP contribution in [-0.4, -0.2) is 37.1 Å². The highest BCUT2D eigenvalue weighted by atomic mass is 32.2. The Labute approximate surface area is 209 Å². The monoisotopic (exact) mass is 536 g/mol. The van der Waals surface area contributed by atoms with Crippen LogP contribution >= 0.6 is 0 Å². The van der Waals surface area contributed by atoms with Crippen LogP contribution in [0.4, 0.5) is 23.2 Å². The Kier molecular flexibility index (Phi) is 7.21. The standard InChI is InChI=1S/C25H20F4N2O5S/c26-20-5-2-12-30-21(20)9-6-16-7-10-23-22(13-16)31(15-18(36-23)8-11-24(32)33)37(34,35)19-4-1-3-17(14-19)25(27,28)29/h1-7,9-10,12-14,18H,8,11,15H2,(H,32,33). The molecule has 12 heteroatoms. The molecular formula is C25H20F4N2O5S. The lowest BCUT2D eigenvalue weighted by atomic mass is 10.1. The summed E-state index contributed by atoms with van der Waals surface area (Å²) in [6, 6.07) is 10.5. The number of sulfonamides is 1. The fourth-order valence-electron chi connectivity index (χ4n) is 3.75. The average Bonchev–Trinajstić information content (AvgIpc) is 2.86. The average molecular weight is 537 g/mol. The Hall–Kier alpha value is -3.93. The molecule has 0 saturated heterocycles. The zero-order chi connectivity index (χ0) is 26.8. The summed E-state index contributed by atoms with van der Waals surface area (Å²) in [7, 11) is -4.51. The van der Waals surface area contributed by atoms with E-state index in [1.807, 2.05) is 0 Å². The van der Waals surface area contributed by atoms with Crippen LogP contribution in [0.2, 0.25) is 0 Å². The predicted molar refractivity (Wildman–Crippen MR) is 127 cm³/mol. The van der Waals surface area contributed by atoms with Gasteiger partial charge in [-0.25, -0.2) is 12.8 Å². The molecule has 1 aliphatic rings. The van der Waals surface area contributed by atoms with E-state index in [2.05, 4.69) is 4.98 Å². The number of carboxylic acid groups (broad SMARTS) is 1. The molecule has 194 valence electrons. The fraction of sp³-hybridized carbons (Fsp3) is 0.200. The van der Waals surface area contributed by atoms with Crippen molar-refractivity contribution in [2.24, 2.45) is 0 Å². The normalized spacial score (nSPS) is 15.9. The number of carbonyl (C=O) groups is 1. The van der Waals surface area contributed by atoms with Crippen LogP contribution < -0.4 is 9.04 Å². The van der Waals surface area contributed by atoms with Gasteiger partial charge < -0.3 is 9.84 Å². The van der Waals surface area contributed by atoms with Crippen LogP contribution in [0.25, 0.3) is 12.2 Å². The van der Waals surface area contributed by atoms with Crippen molar-refractivity contribution in [1.29, 1.82) is 0 Å². The van der Waals surface area contributed by atoms with E-state index in [1.165, 1.54) is 42.6 Å². The summed E-state index contributed by atoms with van der Waals surface area (Å²) in [6.07, 6.45) is -1.63. The van der Waals surface area contributed by atoms with Gasteiger partial charge in [0.25, 0.3) is 10.0 Å². The number of anilines is 1. The molecule has 2 aromatic carbocycles. The lowest BCUT2D eigenvalue weighted by Gasteiger charge is -2.35. The molecule has 1 aromatic heterocycles. The number of pyridine rings is 1. The van der Waals surface area contributed by atoms with Gasteiger partial charge in [0.05, 0.1) is 28.4 Å². The maximum atomic E-state index is 13.9. The van der Waals surface area contributed by atoms with Crippen molar-refractivity contribution in [3.05, 3.63) is 83.4 Å². The van der Waals surface area contributed by atoms with Crippen LogP contribution in [0, 0.1) is 5.82 Å². The number of benzene rings is 2. The van der Waals surface area contributed by atoms with E-state index in [0.717, 1.165) is 22.5 Å². The number of nitrogens with zero attached hydrogens (tertiary/aromatic N) is 2. The predicted octanol–water partition coefficient (Wildman–Crippen LogP) is 5.23. The van der Waals surface area contributed by atoms with Gasteiger partial charge in [-0.1, -0.05) is 18.2 Å². The molecule has 37 heavy (non-hydrogen) atoms. The van der Waals surface area contributed by atoms with E-state index in [1.54, 1.807) is 6.07 Å². The van der Waals surface area contributed by atoms with E-state index in [4.69, 9.17) is 9.84 Å². The van der Waals surface area contributed by atoms with E-state index in [-0.39, 0.29) is 36.5 Å². The number of hydrogen-bond donors (Lipinski definition) is 1. The number of halogens is 4. The Morgan fingerprint density at radius 1 is 1.14 bits per heavy atom. The Morgan fingerprint density at radius 2 is 1.92 bits per heavy atom. The van der Waals surface area contributed by atoms with Gasteiger partial charge in [0.1, 0.15) is 17.7 Å². The minimum absolute atomic E-state index is 0.0238. The van der Waals surface area contributed by atoms with E-state index in [0.29, 0.717) is 11.6 Å². The Bertz CT molecular complexity index is 1460. The molecule has 1 aliphatic heterocycles. The van der Waals surface area contributed by atoms with Gasteiger partial charge in [-0.05, 0) is 60.5 Å². The molecule has 3 aromatic rings. The first-order valence-electron chi connectivity index (χ1n) is 11.0. The summed E-state index contributed by atoms with van der Waals surface area (Å²) in [5, 5.41) is 9.03. The van der Waals surface area contributed by atoms with Crippen molar-refractivity contribution in [2.75, 3.05) is 10.8 Å². The molecule has 0 fully saturated rings. The van der Waals surface area contributed by atoms with Crippen LogP contribution in [0.1, 0.15) is 29.7 Å². The molecule has 1 atom stereocenters. The number of ether oxygens (including phenoxy) is 1. The molecule has 1 unspecified atom stereocenters. The number of alkyl halides is 3.